The highest BCUT2D eigenvalue weighted by atomic mass is 16.5. The fourth-order valence-corrected chi connectivity index (χ4v) is 7.67. The lowest BCUT2D eigenvalue weighted by Crippen LogP contribution is -2.58. The molecular formula is C49H42N4O8. The number of aromatic nitrogens is 2. The van der Waals surface area contributed by atoms with Gasteiger partial charge in [0.15, 0.2) is 0 Å². The van der Waals surface area contributed by atoms with Crippen molar-refractivity contribution in [3.05, 3.63) is 168 Å². The maximum Gasteiger partial charge on any atom is 0.339 e. The predicted octanol–water partition coefficient (Wildman–Crippen LogP) is 7.89. The second-order valence-electron chi connectivity index (χ2n) is 14.4. The number of rotatable bonds is 13. The highest BCUT2D eigenvalue weighted by molar-refractivity contribution is 6.08. The van der Waals surface area contributed by atoms with Gasteiger partial charge in [0.1, 0.15) is 23.2 Å². The molecule has 0 spiro atoms. The minimum atomic E-state index is -1.39. The number of nitrogens with zero attached hydrogens (tertiary/aromatic N) is 3. The van der Waals surface area contributed by atoms with Gasteiger partial charge in [-0.05, 0) is 66.6 Å². The Hall–Kier alpha value is -7.44. The third-order valence-corrected chi connectivity index (χ3v) is 10.5. The van der Waals surface area contributed by atoms with Crippen LogP contribution in [0.4, 0.5) is 5.69 Å². The number of para-hydroxylation sites is 2. The quantitative estimate of drug-likeness (QED) is 0.0867. The maximum atomic E-state index is 15.1. The van der Waals surface area contributed by atoms with Crippen LogP contribution in [-0.4, -0.2) is 70.8 Å². The van der Waals surface area contributed by atoms with E-state index >= 15 is 4.79 Å². The summed E-state index contributed by atoms with van der Waals surface area (Å²) in [6.45, 7) is 1.81. The molecule has 0 saturated carbocycles. The van der Waals surface area contributed by atoms with Crippen LogP contribution in [0.1, 0.15) is 62.7 Å². The summed E-state index contributed by atoms with van der Waals surface area (Å²) in [5.41, 5.74) is 3.61. The van der Waals surface area contributed by atoms with Gasteiger partial charge in [-0.2, -0.15) is 0 Å². The molecule has 1 aliphatic heterocycles. The SMILES string of the molecule is CCOC(=O)C[C@H]1[C@H](OC(=O)c2ccccc2-c2ccccc2)[C@@H](NC(=O)c2ccc3ccccc3n2)c2cc(OCCCO)ccc2N1C(=O)c1ccc2ccccc2n1. The number of carbonyl (C=O) groups excluding carboxylic acids is 4. The summed E-state index contributed by atoms with van der Waals surface area (Å²) in [4.78, 5) is 68.7. The average molecular weight is 815 g/mol. The first kappa shape index (κ1) is 40.3. The number of anilines is 1. The Morgan fingerprint density at radius 2 is 1.39 bits per heavy atom. The van der Waals surface area contributed by atoms with Crippen molar-refractivity contribution in [3.8, 4) is 16.9 Å². The third kappa shape index (κ3) is 8.66. The zero-order valence-electron chi connectivity index (χ0n) is 33.3. The number of ether oxygens (including phenoxy) is 3. The van der Waals surface area contributed by atoms with Gasteiger partial charge in [0, 0.05) is 29.4 Å². The van der Waals surface area contributed by atoms with Crippen molar-refractivity contribution >= 4 is 51.2 Å². The normalized spacial score (nSPS) is 15.8. The van der Waals surface area contributed by atoms with Crippen LogP contribution in [-0.2, 0) is 14.3 Å². The second-order valence-corrected chi connectivity index (χ2v) is 14.4. The van der Waals surface area contributed by atoms with Gasteiger partial charge >= 0.3 is 11.9 Å². The first-order chi connectivity index (χ1) is 29.8. The highest BCUT2D eigenvalue weighted by Crippen LogP contribution is 2.43. The molecule has 12 heteroatoms. The molecule has 0 unspecified atom stereocenters. The van der Waals surface area contributed by atoms with Crippen LogP contribution in [0, 0.1) is 0 Å². The van der Waals surface area contributed by atoms with E-state index in [0.29, 0.717) is 40.0 Å². The molecule has 12 nitrogen and oxygen atoms in total. The number of fused-ring (bicyclic) bond motifs is 3. The van der Waals surface area contributed by atoms with Crippen LogP contribution in [0.15, 0.2) is 146 Å². The Labute approximate surface area is 351 Å². The summed E-state index contributed by atoms with van der Waals surface area (Å²) in [6.07, 6.45) is -1.46. The molecule has 0 saturated heterocycles. The van der Waals surface area contributed by atoms with Crippen molar-refractivity contribution in [3.63, 3.8) is 0 Å². The van der Waals surface area contributed by atoms with Crippen LogP contribution in [0.25, 0.3) is 32.9 Å². The molecule has 0 aliphatic carbocycles. The summed E-state index contributed by atoms with van der Waals surface area (Å²) in [7, 11) is 0. The standard InChI is InChI=1S/C49H42N4O8/c1-2-59-44(55)30-43-46(61-49(58)36-18-9-8-17-35(36)31-13-4-3-5-14-31)45(52-47(56)40-24-21-32-15-6-10-19-38(32)50-40)37-29-34(60-28-12-27-54)23-26-42(37)53(43)48(57)41-25-22-33-16-7-11-20-39(33)51-41/h3-11,13-26,29,43,45-46,54H,2,12,27-28,30H2,1H3,(H,52,56)/t43-,45-,46-/m0/s1. The van der Waals surface area contributed by atoms with E-state index in [9.17, 15) is 19.5 Å². The molecule has 2 N–H and O–H groups in total. The van der Waals surface area contributed by atoms with Gasteiger partial charge in [-0.1, -0.05) is 97.1 Å². The third-order valence-electron chi connectivity index (χ3n) is 10.5. The van der Waals surface area contributed by atoms with Gasteiger partial charge in [0.05, 0.1) is 54.0 Å². The zero-order valence-corrected chi connectivity index (χ0v) is 33.3. The van der Waals surface area contributed by atoms with Crippen molar-refractivity contribution in [1.82, 2.24) is 15.3 Å². The number of benzene rings is 5. The Kier molecular flexibility index (Phi) is 12.1. The van der Waals surface area contributed by atoms with Crippen LogP contribution >= 0.6 is 0 Å². The summed E-state index contributed by atoms with van der Waals surface area (Å²) < 4.78 is 18.0. The van der Waals surface area contributed by atoms with Crippen molar-refractivity contribution in [2.75, 3.05) is 24.7 Å². The average Bonchev–Trinajstić information content (AvgIpc) is 3.30. The first-order valence-electron chi connectivity index (χ1n) is 20.1. The maximum absolute atomic E-state index is 15.1. The lowest BCUT2D eigenvalue weighted by atomic mass is 9.85. The molecule has 306 valence electrons. The number of pyridine rings is 2. The molecule has 0 radical (unpaired) electrons. The van der Waals surface area contributed by atoms with Crippen LogP contribution in [0.2, 0.25) is 0 Å². The van der Waals surface area contributed by atoms with Crippen molar-refractivity contribution in [2.24, 2.45) is 0 Å². The lowest BCUT2D eigenvalue weighted by Gasteiger charge is -2.45. The Balaban J connectivity index is 1.30. The second kappa shape index (κ2) is 18.2. The minimum absolute atomic E-state index is 0.0551. The Morgan fingerprint density at radius 3 is 2.11 bits per heavy atom. The van der Waals surface area contributed by atoms with E-state index in [4.69, 9.17) is 19.2 Å². The van der Waals surface area contributed by atoms with E-state index in [1.54, 1.807) is 79.7 Å². The molecule has 5 aromatic carbocycles. The summed E-state index contributed by atoms with van der Waals surface area (Å²) >= 11 is 0. The Bertz CT molecular complexity index is 2740. The van der Waals surface area contributed by atoms with E-state index in [-0.39, 0.29) is 36.8 Å². The number of carbonyl (C=O) groups is 4. The number of aliphatic hydroxyl groups excluding tert-OH is 1. The van der Waals surface area contributed by atoms with Crippen molar-refractivity contribution < 1.29 is 38.5 Å². The van der Waals surface area contributed by atoms with Crippen LogP contribution in [0.5, 0.6) is 5.75 Å². The molecule has 2 aromatic heterocycles. The fraction of sp³-hybridized carbons (Fsp3) is 0.184. The van der Waals surface area contributed by atoms with Crippen molar-refractivity contribution in [2.45, 2.75) is 38.0 Å². The smallest absolute Gasteiger partial charge is 0.339 e. The monoisotopic (exact) mass is 814 g/mol. The number of esters is 2. The first-order valence-corrected chi connectivity index (χ1v) is 20.1. The number of hydrogen-bond donors (Lipinski definition) is 2. The molecular weight excluding hydrogens is 773 g/mol. The number of amides is 2. The van der Waals surface area contributed by atoms with E-state index in [0.717, 1.165) is 16.3 Å². The molecule has 3 heterocycles. The summed E-state index contributed by atoms with van der Waals surface area (Å²) in [5.74, 6) is -2.21. The molecule has 0 fully saturated rings. The topological polar surface area (TPSA) is 157 Å². The van der Waals surface area contributed by atoms with Gasteiger partial charge in [0.25, 0.3) is 11.8 Å². The molecule has 7 aromatic rings. The van der Waals surface area contributed by atoms with Gasteiger partial charge in [0.2, 0.25) is 0 Å². The minimum Gasteiger partial charge on any atom is -0.493 e. The summed E-state index contributed by atoms with van der Waals surface area (Å²) in [5, 5.41) is 14.2. The molecule has 3 atom stereocenters. The van der Waals surface area contributed by atoms with Crippen LogP contribution in [0.3, 0.4) is 0 Å². The Morgan fingerprint density at radius 1 is 0.738 bits per heavy atom. The van der Waals surface area contributed by atoms with Crippen molar-refractivity contribution in [1.29, 1.82) is 0 Å². The number of nitrogens with one attached hydrogen (secondary N) is 1. The molecule has 61 heavy (non-hydrogen) atoms. The molecule has 0 bridgehead atoms. The lowest BCUT2D eigenvalue weighted by molar-refractivity contribution is -0.144. The number of aliphatic hydroxyl groups is 1. The van der Waals surface area contributed by atoms with Gasteiger partial charge in [-0.25, -0.2) is 14.8 Å². The van der Waals surface area contributed by atoms with E-state index in [1.807, 2.05) is 72.8 Å². The highest BCUT2D eigenvalue weighted by Gasteiger charge is 2.48. The van der Waals surface area contributed by atoms with Crippen LogP contribution < -0.4 is 15.0 Å². The van der Waals surface area contributed by atoms with E-state index in [2.05, 4.69) is 10.3 Å². The molecule has 2 amide bonds. The van der Waals surface area contributed by atoms with E-state index in [1.165, 1.54) is 4.90 Å². The molecule has 1 aliphatic rings. The predicted molar refractivity (Wildman–Crippen MR) is 230 cm³/mol. The van der Waals surface area contributed by atoms with Gasteiger partial charge < -0.3 is 24.6 Å². The van der Waals surface area contributed by atoms with Gasteiger partial charge in [-0.3, -0.25) is 19.3 Å². The number of hydrogen-bond acceptors (Lipinski definition) is 10. The van der Waals surface area contributed by atoms with Gasteiger partial charge in [-0.15, -0.1) is 0 Å². The largest absolute Gasteiger partial charge is 0.493 e. The van der Waals surface area contributed by atoms with E-state index < -0.39 is 48.4 Å². The molecule has 8 rings (SSSR count). The zero-order chi connectivity index (χ0) is 42.3. The fourth-order valence-electron chi connectivity index (χ4n) is 7.67. The summed E-state index contributed by atoms with van der Waals surface area (Å²) in [6, 6.07) is 40.5.